The minimum atomic E-state index is -0.215. The van der Waals surface area contributed by atoms with Crippen LogP contribution in [0.1, 0.15) is 39.7 Å². The van der Waals surface area contributed by atoms with E-state index in [0.29, 0.717) is 4.91 Å². The molecule has 6 heteroatoms. The first kappa shape index (κ1) is 18.1. The Morgan fingerprint density at radius 2 is 2.00 bits per heavy atom. The highest BCUT2D eigenvalue weighted by molar-refractivity contribution is 9.10. The first-order valence-electron chi connectivity index (χ1n) is 7.56. The largest absolute Gasteiger partial charge is 0.490 e. The van der Waals surface area contributed by atoms with E-state index < -0.39 is 0 Å². The quantitative estimate of drug-likeness (QED) is 0.650. The van der Waals surface area contributed by atoms with Gasteiger partial charge in [-0.05, 0) is 78.7 Å². The van der Waals surface area contributed by atoms with Gasteiger partial charge in [0.25, 0.3) is 11.1 Å². The predicted molar refractivity (Wildman–Crippen MR) is 97.5 cm³/mol. The average molecular weight is 398 g/mol. The molecule has 124 valence electrons. The number of carbonyl (C=O) groups excluding carboxylic acids is 2. The van der Waals surface area contributed by atoms with Crippen molar-refractivity contribution in [1.29, 1.82) is 0 Å². The van der Waals surface area contributed by atoms with Crippen LogP contribution in [0.3, 0.4) is 0 Å². The summed E-state index contributed by atoms with van der Waals surface area (Å²) in [6.07, 6.45) is 2.58. The third-order valence-electron chi connectivity index (χ3n) is 3.47. The number of halogens is 1. The maximum absolute atomic E-state index is 12.4. The molecule has 0 saturated carbocycles. The molecule has 2 amide bonds. The summed E-state index contributed by atoms with van der Waals surface area (Å²) in [5, 5.41) is -0.200. The van der Waals surface area contributed by atoms with Crippen LogP contribution >= 0.6 is 27.7 Å². The second-order valence-corrected chi connectivity index (χ2v) is 7.51. The fourth-order valence-corrected chi connectivity index (χ4v) is 3.57. The van der Waals surface area contributed by atoms with Crippen LogP contribution in [0, 0.1) is 0 Å². The zero-order valence-corrected chi connectivity index (χ0v) is 16.0. The van der Waals surface area contributed by atoms with E-state index in [4.69, 9.17) is 4.74 Å². The molecule has 1 atom stereocenters. The first-order valence-corrected chi connectivity index (χ1v) is 9.17. The summed E-state index contributed by atoms with van der Waals surface area (Å²) in [4.78, 5) is 26.2. The van der Waals surface area contributed by atoms with E-state index in [-0.39, 0.29) is 23.3 Å². The van der Waals surface area contributed by atoms with Crippen molar-refractivity contribution in [2.24, 2.45) is 0 Å². The lowest BCUT2D eigenvalue weighted by atomic mass is 10.2. The second kappa shape index (κ2) is 7.53. The average Bonchev–Trinajstić information content (AvgIpc) is 2.75. The Hall–Kier alpha value is -1.27. The van der Waals surface area contributed by atoms with E-state index >= 15 is 0 Å². The molecule has 1 aromatic rings. The number of rotatable bonds is 5. The number of hydrogen-bond donors (Lipinski definition) is 0. The van der Waals surface area contributed by atoms with Crippen molar-refractivity contribution in [3.05, 3.63) is 33.1 Å². The van der Waals surface area contributed by atoms with Gasteiger partial charge < -0.3 is 4.74 Å². The van der Waals surface area contributed by atoms with Crippen LogP contribution in [-0.2, 0) is 4.79 Å². The van der Waals surface area contributed by atoms with Crippen molar-refractivity contribution >= 4 is 44.9 Å². The number of thioether (sulfide) groups is 1. The van der Waals surface area contributed by atoms with Gasteiger partial charge in [0.05, 0.1) is 15.5 Å². The summed E-state index contributed by atoms with van der Waals surface area (Å²) in [6.45, 7) is 7.77. The van der Waals surface area contributed by atoms with Crippen molar-refractivity contribution in [3.8, 4) is 5.75 Å². The lowest BCUT2D eigenvalue weighted by molar-refractivity contribution is -0.124. The van der Waals surface area contributed by atoms with Crippen molar-refractivity contribution < 1.29 is 14.3 Å². The molecular formula is C17H20BrNO3S. The lowest BCUT2D eigenvalue weighted by Gasteiger charge is -2.19. The van der Waals surface area contributed by atoms with E-state index in [1.165, 1.54) is 4.90 Å². The highest BCUT2D eigenvalue weighted by atomic mass is 79.9. The number of ether oxygens (including phenoxy) is 1. The molecule has 1 heterocycles. The summed E-state index contributed by atoms with van der Waals surface area (Å²) in [5.41, 5.74) is 0.850. The fourth-order valence-electron chi connectivity index (χ4n) is 2.15. The minimum absolute atomic E-state index is 0.0815. The van der Waals surface area contributed by atoms with Gasteiger partial charge in [-0.25, -0.2) is 0 Å². The van der Waals surface area contributed by atoms with Gasteiger partial charge in [0, 0.05) is 6.04 Å². The van der Waals surface area contributed by atoms with E-state index in [1.54, 1.807) is 6.08 Å². The zero-order valence-electron chi connectivity index (χ0n) is 13.6. The Balaban J connectivity index is 2.24. The number of benzene rings is 1. The smallest absolute Gasteiger partial charge is 0.293 e. The first-order chi connectivity index (χ1) is 10.8. The van der Waals surface area contributed by atoms with Gasteiger partial charge in [-0.3, -0.25) is 14.5 Å². The maximum Gasteiger partial charge on any atom is 0.293 e. The lowest BCUT2D eigenvalue weighted by Crippen LogP contribution is -2.36. The molecule has 1 aromatic carbocycles. The Labute approximate surface area is 149 Å². The molecule has 0 unspecified atom stereocenters. The molecule has 0 bridgehead atoms. The Morgan fingerprint density at radius 3 is 2.57 bits per heavy atom. The summed E-state index contributed by atoms with van der Waals surface area (Å²) in [7, 11) is 0. The van der Waals surface area contributed by atoms with E-state index in [0.717, 1.165) is 34.0 Å². The topological polar surface area (TPSA) is 46.6 Å². The Bertz CT molecular complexity index is 657. The monoisotopic (exact) mass is 397 g/mol. The summed E-state index contributed by atoms with van der Waals surface area (Å²) in [5.74, 6) is 0.540. The summed E-state index contributed by atoms with van der Waals surface area (Å²) < 4.78 is 6.49. The predicted octanol–water partition coefficient (Wildman–Crippen LogP) is 5.07. The molecule has 1 aliphatic heterocycles. The van der Waals surface area contributed by atoms with Gasteiger partial charge in [-0.2, -0.15) is 0 Å². The number of nitrogens with zero attached hydrogens (tertiary/aromatic N) is 1. The molecule has 1 fully saturated rings. The molecule has 23 heavy (non-hydrogen) atoms. The van der Waals surface area contributed by atoms with Gasteiger partial charge >= 0.3 is 0 Å². The Kier molecular flexibility index (Phi) is 5.92. The normalized spacial score (nSPS) is 18.2. The molecule has 4 nitrogen and oxygen atoms in total. The fraction of sp³-hybridized carbons (Fsp3) is 0.412. The highest BCUT2D eigenvalue weighted by Gasteiger charge is 2.37. The van der Waals surface area contributed by atoms with Crippen molar-refractivity contribution in [3.63, 3.8) is 0 Å². The van der Waals surface area contributed by atoms with Crippen molar-refractivity contribution in [1.82, 2.24) is 4.90 Å². The van der Waals surface area contributed by atoms with E-state index in [9.17, 15) is 9.59 Å². The maximum atomic E-state index is 12.4. The van der Waals surface area contributed by atoms with Crippen molar-refractivity contribution in [2.45, 2.75) is 46.3 Å². The van der Waals surface area contributed by atoms with E-state index in [2.05, 4.69) is 15.9 Å². The van der Waals surface area contributed by atoms with Crippen LogP contribution in [0.15, 0.2) is 27.6 Å². The zero-order chi connectivity index (χ0) is 17.1. The number of amides is 2. The third-order valence-corrected chi connectivity index (χ3v) is 4.97. The van der Waals surface area contributed by atoms with Gasteiger partial charge in [0.1, 0.15) is 5.75 Å². The molecule has 0 aliphatic carbocycles. The molecule has 1 saturated heterocycles. The number of imide groups is 1. The SMILES string of the molecule is CC[C@@H](C)N1C(=O)S/C(=C/c2ccc(OC(C)C)c(Br)c2)C1=O. The van der Waals surface area contributed by atoms with Crippen LogP contribution < -0.4 is 4.74 Å². The molecule has 2 rings (SSSR count). The number of carbonyl (C=O) groups is 2. The van der Waals surface area contributed by atoms with Gasteiger partial charge in [-0.15, -0.1) is 0 Å². The molecule has 0 N–H and O–H groups in total. The van der Waals surface area contributed by atoms with Crippen LogP contribution in [-0.4, -0.2) is 28.2 Å². The second-order valence-electron chi connectivity index (χ2n) is 5.67. The minimum Gasteiger partial charge on any atom is -0.490 e. The third kappa shape index (κ3) is 4.18. The van der Waals surface area contributed by atoms with Crippen LogP contribution in [0.5, 0.6) is 5.75 Å². The summed E-state index contributed by atoms with van der Waals surface area (Å²) in [6, 6.07) is 5.53. The molecular weight excluding hydrogens is 378 g/mol. The van der Waals surface area contributed by atoms with E-state index in [1.807, 2.05) is 45.9 Å². The van der Waals surface area contributed by atoms with Crippen LogP contribution in [0.2, 0.25) is 0 Å². The number of hydrogen-bond acceptors (Lipinski definition) is 4. The van der Waals surface area contributed by atoms with Gasteiger partial charge in [0.15, 0.2) is 0 Å². The Morgan fingerprint density at radius 1 is 1.30 bits per heavy atom. The van der Waals surface area contributed by atoms with Gasteiger partial charge in [0.2, 0.25) is 0 Å². The summed E-state index contributed by atoms with van der Waals surface area (Å²) >= 11 is 4.47. The standard InChI is InChI=1S/C17H20BrNO3S/c1-5-11(4)19-16(20)15(23-17(19)21)9-12-6-7-14(13(18)8-12)22-10(2)3/h6-11H,5H2,1-4H3/b15-9+/t11-/m1/s1. The molecule has 1 aliphatic rings. The highest BCUT2D eigenvalue weighted by Crippen LogP contribution is 2.35. The van der Waals surface area contributed by atoms with Gasteiger partial charge in [-0.1, -0.05) is 13.0 Å². The molecule has 0 spiro atoms. The molecule has 0 radical (unpaired) electrons. The molecule has 0 aromatic heterocycles. The van der Waals surface area contributed by atoms with Crippen molar-refractivity contribution in [2.75, 3.05) is 0 Å². The van der Waals surface area contributed by atoms with Crippen LogP contribution in [0.4, 0.5) is 4.79 Å². The van der Waals surface area contributed by atoms with Crippen LogP contribution in [0.25, 0.3) is 6.08 Å².